The Morgan fingerprint density at radius 1 is 1.47 bits per heavy atom. The minimum atomic E-state index is -0.660. The summed E-state index contributed by atoms with van der Waals surface area (Å²) in [5.74, 6) is 0.0342. The molecule has 1 saturated heterocycles. The molecule has 1 aliphatic heterocycles. The van der Waals surface area contributed by atoms with Crippen molar-refractivity contribution in [3.63, 3.8) is 0 Å². The summed E-state index contributed by atoms with van der Waals surface area (Å²) >= 11 is 0. The topological polar surface area (TPSA) is 46.5 Å². The summed E-state index contributed by atoms with van der Waals surface area (Å²) in [7, 11) is 0. The highest BCUT2D eigenvalue weighted by Gasteiger charge is 2.65. The Bertz CT molecular complexity index is 272. The second kappa shape index (κ2) is 3.48. The first-order valence-electron chi connectivity index (χ1n) is 5.79. The molecule has 3 nitrogen and oxygen atoms in total. The van der Waals surface area contributed by atoms with Crippen LogP contribution in [-0.4, -0.2) is 23.8 Å². The average Bonchev–Trinajstić information content (AvgIpc) is 2.69. The predicted octanol–water partition coefficient (Wildman–Crippen LogP) is 2.16. The van der Waals surface area contributed by atoms with Crippen molar-refractivity contribution in [2.75, 3.05) is 6.61 Å². The molecular weight excluding hydrogens is 192 g/mol. The normalized spacial score (nSPS) is 43.7. The van der Waals surface area contributed by atoms with Gasteiger partial charge in [-0.05, 0) is 24.2 Å². The maximum atomic E-state index is 11.1. The summed E-state index contributed by atoms with van der Waals surface area (Å²) in [6, 6.07) is 0. The summed E-state index contributed by atoms with van der Waals surface area (Å²) in [4.78, 5) is 11.1. The van der Waals surface area contributed by atoms with Crippen LogP contribution in [0.2, 0.25) is 0 Å². The molecule has 0 bridgehead atoms. The third kappa shape index (κ3) is 1.78. The summed E-state index contributed by atoms with van der Waals surface area (Å²) in [5, 5.41) is 9.10. The van der Waals surface area contributed by atoms with E-state index in [-0.39, 0.29) is 23.4 Å². The predicted molar refractivity (Wildman–Crippen MR) is 56.5 cm³/mol. The maximum Gasteiger partial charge on any atom is 0.307 e. The number of ether oxygens (including phenoxy) is 1. The zero-order valence-corrected chi connectivity index (χ0v) is 9.69. The van der Waals surface area contributed by atoms with Crippen LogP contribution in [-0.2, 0) is 9.53 Å². The molecule has 0 aromatic rings. The highest BCUT2D eigenvalue weighted by molar-refractivity contribution is 5.75. The molecule has 86 valence electrons. The Labute approximate surface area is 90.8 Å². The average molecular weight is 212 g/mol. The van der Waals surface area contributed by atoms with E-state index in [9.17, 15) is 4.79 Å². The van der Waals surface area contributed by atoms with Gasteiger partial charge in [-0.15, -0.1) is 0 Å². The fourth-order valence-corrected chi connectivity index (χ4v) is 3.10. The monoisotopic (exact) mass is 212 g/mol. The third-order valence-corrected chi connectivity index (χ3v) is 4.15. The molecule has 15 heavy (non-hydrogen) atoms. The van der Waals surface area contributed by atoms with Crippen molar-refractivity contribution in [3.8, 4) is 0 Å². The van der Waals surface area contributed by atoms with E-state index in [4.69, 9.17) is 9.84 Å². The summed E-state index contributed by atoms with van der Waals surface area (Å²) < 4.78 is 5.72. The lowest BCUT2D eigenvalue weighted by atomic mass is 9.92. The fraction of sp³-hybridized carbons (Fsp3) is 0.917. The van der Waals surface area contributed by atoms with Gasteiger partial charge in [0.1, 0.15) is 0 Å². The SMILES string of the molecule is C[C@@H]1CCO[C@H]([C@H]2[C@@H](C(=O)O)C2(C)C)C1. The molecule has 0 aromatic carbocycles. The molecule has 0 amide bonds. The molecule has 1 N–H and O–H groups in total. The van der Waals surface area contributed by atoms with Gasteiger partial charge in [0.2, 0.25) is 0 Å². The minimum absolute atomic E-state index is 0.0758. The fourth-order valence-electron chi connectivity index (χ4n) is 3.10. The molecule has 2 fully saturated rings. The van der Waals surface area contributed by atoms with Gasteiger partial charge in [-0.1, -0.05) is 20.8 Å². The lowest BCUT2D eigenvalue weighted by Gasteiger charge is -2.28. The molecule has 4 atom stereocenters. The summed E-state index contributed by atoms with van der Waals surface area (Å²) in [6.45, 7) is 7.10. The quantitative estimate of drug-likeness (QED) is 0.763. The van der Waals surface area contributed by atoms with Gasteiger partial charge < -0.3 is 9.84 Å². The minimum Gasteiger partial charge on any atom is -0.481 e. The number of carbonyl (C=O) groups is 1. The van der Waals surface area contributed by atoms with E-state index >= 15 is 0 Å². The molecule has 3 heteroatoms. The summed E-state index contributed by atoms with van der Waals surface area (Å²) in [6.07, 6.45) is 2.31. The highest BCUT2D eigenvalue weighted by Crippen LogP contribution is 2.61. The first-order valence-corrected chi connectivity index (χ1v) is 5.79. The maximum absolute atomic E-state index is 11.1. The standard InChI is InChI=1S/C12H20O3/c1-7-4-5-15-8(6-7)9-10(11(13)14)12(9,2)3/h7-10H,4-6H2,1-3H3,(H,13,14)/t7-,8+,9+,10+/m1/s1. The van der Waals surface area contributed by atoms with Gasteiger partial charge in [-0.25, -0.2) is 0 Å². The van der Waals surface area contributed by atoms with Gasteiger partial charge in [-0.3, -0.25) is 4.79 Å². The largest absolute Gasteiger partial charge is 0.481 e. The van der Waals surface area contributed by atoms with Crippen LogP contribution < -0.4 is 0 Å². The van der Waals surface area contributed by atoms with Crippen molar-refractivity contribution < 1.29 is 14.6 Å². The molecule has 1 aliphatic carbocycles. The second-order valence-electron chi connectivity index (χ2n) is 5.70. The smallest absolute Gasteiger partial charge is 0.307 e. The lowest BCUT2D eigenvalue weighted by Crippen LogP contribution is -2.28. The number of carboxylic acids is 1. The van der Waals surface area contributed by atoms with E-state index < -0.39 is 5.97 Å². The lowest BCUT2D eigenvalue weighted by molar-refractivity contribution is -0.140. The molecule has 2 rings (SSSR count). The van der Waals surface area contributed by atoms with E-state index in [0.29, 0.717) is 5.92 Å². The van der Waals surface area contributed by atoms with Crippen LogP contribution >= 0.6 is 0 Å². The molecule has 0 unspecified atom stereocenters. The van der Waals surface area contributed by atoms with Crippen LogP contribution in [0.15, 0.2) is 0 Å². The van der Waals surface area contributed by atoms with Gasteiger partial charge in [0, 0.05) is 12.5 Å². The van der Waals surface area contributed by atoms with E-state index in [1.54, 1.807) is 0 Å². The third-order valence-electron chi connectivity index (χ3n) is 4.15. The van der Waals surface area contributed by atoms with Crippen molar-refractivity contribution in [1.82, 2.24) is 0 Å². The number of rotatable bonds is 2. The van der Waals surface area contributed by atoms with Crippen LogP contribution in [0.4, 0.5) is 0 Å². The van der Waals surface area contributed by atoms with E-state index in [1.807, 2.05) is 13.8 Å². The van der Waals surface area contributed by atoms with Gasteiger partial charge in [0.15, 0.2) is 0 Å². The number of carboxylic acid groups (broad SMARTS) is 1. The summed E-state index contributed by atoms with van der Waals surface area (Å²) in [5.41, 5.74) is -0.0758. The number of hydrogen-bond donors (Lipinski definition) is 1. The molecule has 1 heterocycles. The Balaban J connectivity index is 2.03. The van der Waals surface area contributed by atoms with Crippen molar-refractivity contribution in [2.45, 2.75) is 39.7 Å². The first-order chi connectivity index (χ1) is 6.94. The molecular formula is C12H20O3. The zero-order chi connectivity index (χ0) is 11.2. The number of aliphatic carboxylic acids is 1. The molecule has 0 radical (unpaired) electrons. The first kappa shape index (κ1) is 10.9. The van der Waals surface area contributed by atoms with Crippen molar-refractivity contribution >= 4 is 5.97 Å². The second-order valence-corrected chi connectivity index (χ2v) is 5.70. The van der Waals surface area contributed by atoms with Crippen LogP contribution in [0.5, 0.6) is 0 Å². The van der Waals surface area contributed by atoms with Crippen LogP contribution in [0, 0.1) is 23.2 Å². The van der Waals surface area contributed by atoms with Gasteiger partial charge in [-0.2, -0.15) is 0 Å². The molecule has 1 saturated carbocycles. The number of hydrogen-bond acceptors (Lipinski definition) is 2. The molecule has 2 aliphatic rings. The van der Waals surface area contributed by atoms with E-state index in [1.165, 1.54) is 0 Å². The van der Waals surface area contributed by atoms with Crippen LogP contribution in [0.1, 0.15) is 33.6 Å². The van der Waals surface area contributed by atoms with Crippen LogP contribution in [0.3, 0.4) is 0 Å². The van der Waals surface area contributed by atoms with Crippen LogP contribution in [0.25, 0.3) is 0 Å². The highest BCUT2D eigenvalue weighted by atomic mass is 16.5. The molecule has 0 spiro atoms. The Morgan fingerprint density at radius 3 is 2.60 bits per heavy atom. The zero-order valence-electron chi connectivity index (χ0n) is 9.69. The van der Waals surface area contributed by atoms with E-state index in [0.717, 1.165) is 19.4 Å². The van der Waals surface area contributed by atoms with Crippen molar-refractivity contribution in [2.24, 2.45) is 23.2 Å². The van der Waals surface area contributed by atoms with Crippen molar-refractivity contribution in [1.29, 1.82) is 0 Å². The Morgan fingerprint density at radius 2 is 2.13 bits per heavy atom. The van der Waals surface area contributed by atoms with Gasteiger partial charge in [0.25, 0.3) is 0 Å². The van der Waals surface area contributed by atoms with Gasteiger partial charge in [0.05, 0.1) is 12.0 Å². The van der Waals surface area contributed by atoms with Crippen molar-refractivity contribution in [3.05, 3.63) is 0 Å². The molecule has 0 aromatic heterocycles. The Kier molecular flexibility index (Phi) is 2.53. The van der Waals surface area contributed by atoms with Gasteiger partial charge >= 0.3 is 5.97 Å². The Hall–Kier alpha value is -0.570. The van der Waals surface area contributed by atoms with E-state index in [2.05, 4.69) is 6.92 Å².